The van der Waals surface area contributed by atoms with E-state index in [4.69, 9.17) is 5.73 Å². The number of nitrogens with two attached hydrogens (primary N) is 1. The summed E-state index contributed by atoms with van der Waals surface area (Å²) in [5.41, 5.74) is 7.19. The van der Waals surface area contributed by atoms with E-state index in [9.17, 15) is 0 Å². The summed E-state index contributed by atoms with van der Waals surface area (Å²) in [5, 5.41) is 4.73. The van der Waals surface area contributed by atoms with Gasteiger partial charge in [0.05, 0.1) is 0 Å². The molecule has 4 heteroatoms. The molecule has 2 saturated carbocycles. The fourth-order valence-electron chi connectivity index (χ4n) is 2.00. The smallest absolute Gasteiger partial charge is 0.142 e. The van der Waals surface area contributed by atoms with Crippen molar-refractivity contribution in [1.82, 2.24) is 4.37 Å². The lowest BCUT2D eigenvalue weighted by molar-refractivity contribution is 0.761. The molecule has 2 fully saturated rings. The molecule has 0 aliphatic heterocycles. The quantitative estimate of drug-likeness (QED) is 0.807. The molecule has 1 heterocycles. The summed E-state index contributed by atoms with van der Waals surface area (Å²) in [6.07, 6.45) is 6.76. The van der Waals surface area contributed by atoms with E-state index in [2.05, 4.69) is 9.69 Å². The first kappa shape index (κ1) is 9.46. The Kier molecular flexibility index (Phi) is 2.31. The van der Waals surface area contributed by atoms with Crippen molar-refractivity contribution in [3.05, 3.63) is 5.56 Å². The van der Waals surface area contributed by atoms with Crippen molar-refractivity contribution in [3.8, 4) is 0 Å². The van der Waals surface area contributed by atoms with Gasteiger partial charge >= 0.3 is 0 Å². The van der Waals surface area contributed by atoms with Gasteiger partial charge in [-0.3, -0.25) is 0 Å². The summed E-state index contributed by atoms with van der Waals surface area (Å²) < 4.78 is 4.25. The van der Waals surface area contributed by atoms with Gasteiger partial charge in [0.2, 0.25) is 0 Å². The summed E-state index contributed by atoms with van der Waals surface area (Å²) in [6, 6.07) is 0. The van der Waals surface area contributed by atoms with Crippen LogP contribution in [0.5, 0.6) is 0 Å². The largest absolute Gasteiger partial charge is 0.383 e. The Morgan fingerprint density at radius 3 is 2.80 bits per heavy atom. The number of nitrogens with one attached hydrogen (secondary N) is 1. The van der Waals surface area contributed by atoms with Gasteiger partial charge in [0.1, 0.15) is 10.8 Å². The summed E-state index contributed by atoms with van der Waals surface area (Å²) >= 11 is 1.53. The van der Waals surface area contributed by atoms with E-state index in [1.807, 2.05) is 0 Å². The standard InChI is InChI=1S/C11H17N3S/c12-10-9(8-3-4-8)11(15-14-10)13-6-5-7-1-2-7/h7-8,13H,1-6H2,(H2,12,14). The van der Waals surface area contributed by atoms with Crippen LogP contribution in [-0.2, 0) is 0 Å². The van der Waals surface area contributed by atoms with E-state index in [1.165, 1.54) is 54.2 Å². The third kappa shape index (κ3) is 2.09. The molecule has 3 rings (SSSR count). The van der Waals surface area contributed by atoms with Crippen LogP contribution in [0.3, 0.4) is 0 Å². The Morgan fingerprint density at radius 1 is 1.33 bits per heavy atom. The molecule has 0 spiro atoms. The highest BCUT2D eigenvalue weighted by atomic mass is 32.1. The van der Waals surface area contributed by atoms with E-state index >= 15 is 0 Å². The normalized spacial score (nSPS) is 20.5. The Morgan fingerprint density at radius 2 is 2.13 bits per heavy atom. The van der Waals surface area contributed by atoms with Gasteiger partial charge in [-0.15, -0.1) is 0 Å². The van der Waals surface area contributed by atoms with Crippen LogP contribution < -0.4 is 11.1 Å². The lowest BCUT2D eigenvalue weighted by Gasteiger charge is -2.05. The molecule has 0 saturated heterocycles. The Hall–Kier alpha value is -0.770. The number of hydrogen-bond donors (Lipinski definition) is 2. The van der Waals surface area contributed by atoms with Crippen LogP contribution >= 0.6 is 11.5 Å². The first-order valence-electron chi connectivity index (χ1n) is 5.83. The second kappa shape index (κ2) is 3.67. The van der Waals surface area contributed by atoms with Crippen LogP contribution in [0.1, 0.15) is 43.6 Å². The molecule has 1 aromatic rings. The van der Waals surface area contributed by atoms with Crippen molar-refractivity contribution >= 4 is 22.4 Å². The zero-order valence-corrected chi connectivity index (χ0v) is 9.65. The van der Waals surface area contributed by atoms with E-state index in [0.717, 1.165) is 18.3 Å². The zero-order valence-electron chi connectivity index (χ0n) is 8.83. The molecule has 3 nitrogen and oxygen atoms in total. The summed E-state index contributed by atoms with van der Waals surface area (Å²) in [6.45, 7) is 1.09. The predicted molar refractivity (Wildman–Crippen MR) is 64.3 cm³/mol. The average Bonchev–Trinajstić information content (AvgIpc) is 3.09. The number of nitrogen functional groups attached to an aromatic ring is 1. The molecule has 0 amide bonds. The third-order valence-electron chi connectivity index (χ3n) is 3.28. The molecule has 2 aliphatic carbocycles. The fourth-order valence-corrected chi connectivity index (χ4v) is 2.82. The number of nitrogens with zero attached hydrogens (tertiary/aromatic N) is 1. The molecule has 0 atom stereocenters. The highest BCUT2D eigenvalue weighted by molar-refractivity contribution is 7.10. The minimum absolute atomic E-state index is 0.701. The van der Waals surface area contributed by atoms with Gasteiger partial charge in [0, 0.05) is 12.1 Å². The summed E-state index contributed by atoms with van der Waals surface area (Å²) in [4.78, 5) is 0. The van der Waals surface area contributed by atoms with Gasteiger partial charge in [-0.25, -0.2) is 0 Å². The average molecular weight is 223 g/mol. The molecule has 0 aromatic carbocycles. The van der Waals surface area contributed by atoms with Gasteiger partial charge in [-0.1, -0.05) is 12.8 Å². The molecule has 0 unspecified atom stereocenters. The molecule has 15 heavy (non-hydrogen) atoms. The zero-order chi connectivity index (χ0) is 10.3. The van der Waals surface area contributed by atoms with Crippen molar-refractivity contribution in [2.45, 2.75) is 38.0 Å². The number of aromatic nitrogens is 1. The Balaban J connectivity index is 1.62. The fraction of sp³-hybridized carbons (Fsp3) is 0.727. The minimum Gasteiger partial charge on any atom is -0.383 e. The third-order valence-corrected chi connectivity index (χ3v) is 4.11. The van der Waals surface area contributed by atoms with Crippen LogP contribution in [0.4, 0.5) is 10.8 Å². The van der Waals surface area contributed by atoms with Gasteiger partial charge < -0.3 is 11.1 Å². The van der Waals surface area contributed by atoms with Gasteiger partial charge in [0.25, 0.3) is 0 Å². The molecule has 0 bridgehead atoms. The second-order valence-corrected chi connectivity index (χ2v) is 5.52. The molecule has 2 aliphatic rings. The maximum absolute atomic E-state index is 5.89. The van der Waals surface area contributed by atoms with E-state index in [1.54, 1.807) is 0 Å². The highest BCUT2D eigenvalue weighted by Crippen LogP contribution is 2.47. The summed E-state index contributed by atoms with van der Waals surface area (Å²) in [7, 11) is 0. The maximum Gasteiger partial charge on any atom is 0.142 e. The molecular formula is C11H17N3S. The predicted octanol–water partition coefficient (Wildman–Crippen LogP) is 2.81. The molecular weight excluding hydrogens is 206 g/mol. The van der Waals surface area contributed by atoms with Crippen molar-refractivity contribution < 1.29 is 0 Å². The van der Waals surface area contributed by atoms with Crippen LogP contribution in [0.2, 0.25) is 0 Å². The highest BCUT2D eigenvalue weighted by Gasteiger charge is 2.30. The first-order chi connectivity index (χ1) is 7.34. The Bertz CT molecular complexity index is 353. The van der Waals surface area contributed by atoms with Crippen LogP contribution in [-0.4, -0.2) is 10.9 Å². The molecule has 82 valence electrons. The first-order valence-corrected chi connectivity index (χ1v) is 6.61. The number of rotatable bonds is 5. The monoisotopic (exact) mass is 223 g/mol. The van der Waals surface area contributed by atoms with Gasteiger partial charge in [-0.2, -0.15) is 4.37 Å². The van der Waals surface area contributed by atoms with E-state index < -0.39 is 0 Å². The molecule has 3 N–H and O–H groups in total. The minimum atomic E-state index is 0.701. The number of hydrogen-bond acceptors (Lipinski definition) is 4. The van der Waals surface area contributed by atoms with Crippen LogP contribution in [0, 0.1) is 5.92 Å². The Labute approximate surface area is 94.2 Å². The topological polar surface area (TPSA) is 50.9 Å². The van der Waals surface area contributed by atoms with Crippen molar-refractivity contribution in [2.24, 2.45) is 5.92 Å². The van der Waals surface area contributed by atoms with E-state index in [-0.39, 0.29) is 0 Å². The maximum atomic E-state index is 5.89. The lowest BCUT2D eigenvalue weighted by atomic mass is 10.2. The van der Waals surface area contributed by atoms with Crippen molar-refractivity contribution in [1.29, 1.82) is 0 Å². The molecule has 0 radical (unpaired) electrons. The van der Waals surface area contributed by atoms with Crippen LogP contribution in [0.15, 0.2) is 0 Å². The van der Waals surface area contributed by atoms with Crippen molar-refractivity contribution in [2.75, 3.05) is 17.6 Å². The molecule has 1 aromatic heterocycles. The van der Waals surface area contributed by atoms with Crippen LogP contribution in [0.25, 0.3) is 0 Å². The SMILES string of the molecule is Nc1nsc(NCCC2CC2)c1C1CC1. The van der Waals surface area contributed by atoms with E-state index in [0.29, 0.717) is 5.92 Å². The summed E-state index contributed by atoms with van der Waals surface area (Å²) in [5.74, 6) is 2.45. The van der Waals surface area contributed by atoms with Gasteiger partial charge in [-0.05, 0) is 42.6 Å². The van der Waals surface area contributed by atoms with Gasteiger partial charge in [0.15, 0.2) is 0 Å². The second-order valence-electron chi connectivity index (χ2n) is 4.74. The lowest BCUT2D eigenvalue weighted by Crippen LogP contribution is -2.03. The van der Waals surface area contributed by atoms with Crippen molar-refractivity contribution in [3.63, 3.8) is 0 Å². The number of anilines is 2.